The van der Waals surface area contributed by atoms with Gasteiger partial charge >= 0.3 is 5.63 Å². The van der Waals surface area contributed by atoms with Crippen LogP contribution in [0.5, 0.6) is 17.2 Å². The van der Waals surface area contributed by atoms with Gasteiger partial charge in [0.25, 0.3) is 0 Å². The summed E-state index contributed by atoms with van der Waals surface area (Å²) < 4.78 is 22.4. The minimum atomic E-state index is -0.297. The monoisotopic (exact) mass is 410 g/mol. The highest BCUT2D eigenvalue weighted by Crippen LogP contribution is 2.31. The van der Waals surface area contributed by atoms with Crippen LogP contribution in [-0.2, 0) is 19.5 Å². The number of ether oxygens (including phenoxy) is 3. The molecule has 2 aromatic carbocycles. The molecule has 0 radical (unpaired) electrons. The maximum absolute atomic E-state index is 12.2. The zero-order chi connectivity index (χ0) is 21.1. The number of benzene rings is 2. The average Bonchev–Trinajstić information content (AvgIpc) is 2.77. The van der Waals surface area contributed by atoms with Gasteiger partial charge in [-0.05, 0) is 48.7 Å². The number of rotatable bonds is 7. The lowest BCUT2D eigenvalue weighted by Crippen LogP contribution is -3.10. The van der Waals surface area contributed by atoms with E-state index in [4.69, 9.17) is 18.6 Å². The molecule has 1 unspecified atom stereocenters. The molecule has 1 aliphatic heterocycles. The third-order valence-corrected chi connectivity index (χ3v) is 5.62. The molecule has 1 N–H and O–H groups in total. The van der Waals surface area contributed by atoms with E-state index in [2.05, 4.69) is 6.92 Å². The van der Waals surface area contributed by atoms with Crippen molar-refractivity contribution in [3.63, 3.8) is 0 Å². The quantitative estimate of drug-likeness (QED) is 0.607. The Morgan fingerprint density at radius 3 is 2.67 bits per heavy atom. The third-order valence-electron chi connectivity index (χ3n) is 5.62. The lowest BCUT2D eigenvalue weighted by Gasteiger charge is -2.27. The smallest absolute Gasteiger partial charge is 0.336 e. The number of fused-ring (bicyclic) bond motifs is 3. The Hall–Kier alpha value is -2.99. The normalized spacial score (nSPS) is 15.5. The van der Waals surface area contributed by atoms with Gasteiger partial charge in [-0.25, -0.2) is 4.79 Å². The Bertz CT molecular complexity index is 1100. The van der Waals surface area contributed by atoms with Gasteiger partial charge in [-0.3, -0.25) is 4.90 Å². The summed E-state index contributed by atoms with van der Waals surface area (Å²) in [5, 5.41) is 1.01. The predicted octanol–water partition coefficient (Wildman–Crippen LogP) is 3.09. The Morgan fingerprint density at radius 2 is 1.90 bits per heavy atom. The second-order valence-corrected chi connectivity index (χ2v) is 7.69. The first-order valence-corrected chi connectivity index (χ1v) is 10.4. The number of quaternary nitrogens is 1. The van der Waals surface area contributed by atoms with Crippen LogP contribution in [-0.4, -0.2) is 21.0 Å². The van der Waals surface area contributed by atoms with Crippen molar-refractivity contribution in [3.8, 4) is 17.2 Å². The molecule has 1 atom stereocenters. The largest absolute Gasteiger partial charge is 0.493 e. The average molecular weight is 410 g/mol. The van der Waals surface area contributed by atoms with Crippen LogP contribution >= 0.6 is 0 Å². The van der Waals surface area contributed by atoms with E-state index in [1.807, 2.05) is 30.3 Å². The minimum absolute atomic E-state index is 0.297. The summed E-state index contributed by atoms with van der Waals surface area (Å²) in [6, 6.07) is 11.6. The highest BCUT2D eigenvalue weighted by atomic mass is 16.5. The topological polar surface area (TPSA) is 62.3 Å². The van der Waals surface area contributed by atoms with E-state index in [1.165, 1.54) is 4.90 Å². The number of hydrogen-bond donors (Lipinski definition) is 1. The van der Waals surface area contributed by atoms with E-state index in [0.717, 1.165) is 60.2 Å². The first-order chi connectivity index (χ1) is 14.6. The van der Waals surface area contributed by atoms with Crippen LogP contribution in [0.4, 0.5) is 0 Å². The molecule has 0 fully saturated rings. The number of nitrogens with one attached hydrogen (secondary N) is 1. The number of unbranched alkanes of at least 4 members (excludes halogenated alkanes) is 1. The predicted molar refractivity (Wildman–Crippen MR) is 115 cm³/mol. The molecule has 2 heterocycles. The summed E-state index contributed by atoms with van der Waals surface area (Å²) in [5.41, 5.74) is 3.51. The third kappa shape index (κ3) is 4.00. The van der Waals surface area contributed by atoms with Crippen LogP contribution in [0.15, 0.2) is 45.6 Å². The number of aryl methyl sites for hydroxylation is 1. The zero-order valence-electron chi connectivity index (χ0n) is 17.7. The van der Waals surface area contributed by atoms with Crippen molar-refractivity contribution in [3.05, 3.63) is 63.5 Å². The van der Waals surface area contributed by atoms with Gasteiger partial charge in [0, 0.05) is 17.0 Å². The summed E-state index contributed by atoms with van der Waals surface area (Å²) in [6.07, 6.45) is 3.00. The molecular weight excluding hydrogens is 382 g/mol. The lowest BCUT2D eigenvalue weighted by atomic mass is 10.0. The van der Waals surface area contributed by atoms with Crippen molar-refractivity contribution >= 4 is 11.0 Å². The van der Waals surface area contributed by atoms with Gasteiger partial charge in [-0.1, -0.05) is 13.3 Å². The molecule has 3 aromatic rings. The molecule has 0 saturated heterocycles. The molecule has 0 bridgehead atoms. The van der Waals surface area contributed by atoms with Crippen LogP contribution < -0.4 is 24.7 Å². The molecule has 1 aromatic heterocycles. The Kier molecular flexibility index (Phi) is 5.95. The van der Waals surface area contributed by atoms with Crippen LogP contribution in [0.1, 0.15) is 36.5 Å². The van der Waals surface area contributed by atoms with Crippen molar-refractivity contribution in [1.82, 2.24) is 0 Å². The van der Waals surface area contributed by atoms with Crippen molar-refractivity contribution in [2.24, 2.45) is 0 Å². The summed E-state index contributed by atoms with van der Waals surface area (Å²) in [5.74, 6) is 2.22. The molecule has 158 valence electrons. The molecule has 0 spiro atoms. The van der Waals surface area contributed by atoms with E-state index in [1.54, 1.807) is 20.3 Å². The summed E-state index contributed by atoms with van der Waals surface area (Å²) >= 11 is 0. The van der Waals surface area contributed by atoms with E-state index >= 15 is 0 Å². The first-order valence-electron chi connectivity index (χ1n) is 10.4. The van der Waals surface area contributed by atoms with Crippen LogP contribution in [0.2, 0.25) is 0 Å². The Morgan fingerprint density at radius 1 is 1.07 bits per heavy atom. The van der Waals surface area contributed by atoms with Gasteiger partial charge in [-0.2, -0.15) is 0 Å². The van der Waals surface area contributed by atoms with Crippen molar-refractivity contribution < 1.29 is 23.5 Å². The summed E-state index contributed by atoms with van der Waals surface area (Å²) in [6.45, 7) is 4.18. The first kappa shape index (κ1) is 20.3. The fourth-order valence-electron chi connectivity index (χ4n) is 4.08. The fourth-order valence-corrected chi connectivity index (χ4v) is 4.08. The Balaban J connectivity index is 1.64. The fraction of sp³-hybridized carbons (Fsp3) is 0.375. The minimum Gasteiger partial charge on any atom is -0.493 e. The van der Waals surface area contributed by atoms with Gasteiger partial charge in [0.1, 0.15) is 18.8 Å². The maximum atomic E-state index is 12.2. The summed E-state index contributed by atoms with van der Waals surface area (Å²) in [4.78, 5) is 13.4. The van der Waals surface area contributed by atoms with E-state index in [9.17, 15) is 4.79 Å². The molecule has 30 heavy (non-hydrogen) atoms. The van der Waals surface area contributed by atoms with E-state index < -0.39 is 0 Å². The second kappa shape index (κ2) is 8.79. The van der Waals surface area contributed by atoms with Crippen molar-refractivity contribution in [2.75, 3.05) is 21.0 Å². The molecular formula is C24H28NO5+. The maximum Gasteiger partial charge on any atom is 0.336 e. The van der Waals surface area contributed by atoms with Gasteiger partial charge < -0.3 is 18.6 Å². The second-order valence-electron chi connectivity index (χ2n) is 7.69. The van der Waals surface area contributed by atoms with Crippen LogP contribution in [0.25, 0.3) is 11.0 Å². The number of methoxy groups -OCH3 is 2. The van der Waals surface area contributed by atoms with Crippen molar-refractivity contribution in [1.29, 1.82) is 0 Å². The van der Waals surface area contributed by atoms with Crippen LogP contribution in [0.3, 0.4) is 0 Å². The molecule has 6 heteroatoms. The lowest BCUT2D eigenvalue weighted by molar-refractivity contribution is -0.945. The van der Waals surface area contributed by atoms with Gasteiger partial charge in [-0.15, -0.1) is 0 Å². The standard InChI is InChI=1S/C24H27NO5/c1-4-5-6-17-12-23(26)30-24-18(17)8-10-20-19(24)14-25(15-29-20)13-16-7-9-21(27-2)22(11-16)28-3/h7-12H,4-6,13-15H2,1-3H3/p+1. The van der Waals surface area contributed by atoms with E-state index in [-0.39, 0.29) is 5.63 Å². The van der Waals surface area contributed by atoms with Gasteiger partial charge in [0.15, 0.2) is 17.1 Å². The summed E-state index contributed by atoms with van der Waals surface area (Å²) in [7, 11) is 3.27. The molecule has 1 aliphatic rings. The Labute approximate surface area is 176 Å². The van der Waals surface area contributed by atoms with Crippen molar-refractivity contribution in [2.45, 2.75) is 39.3 Å². The van der Waals surface area contributed by atoms with Gasteiger partial charge in [0.05, 0.1) is 19.8 Å². The van der Waals surface area contributed by atoms with Gasteiger partial charge in [0.2, 0.25) is 6.73 Å². The van der Waals surface area contributed by atoms with E-state index in [0.29, 0.717) is 23.8 Å². The van der Waals surface area contributed by atoms with Crippen LogP contribution in [0, 0.1) is 0 Å². The molecule has 0 saturated carbocycles. The SMILES string of the molecule is CCCCc1cc(=O)oc2c3c(ccc12)OC[NH+](Cc1ccc(OC)c(OC)c1)C3. The molecule has 0 amide bonds. The molecule has 4 rings (SSSR count). The highest BCUT2D eigenvalue weighted by Gasteiger charge is 2.25. The molecule has 6 nitrogen and oxygen atoms in total. The molecule has 0 aliphatic carbocycles. The number of hydrogen-bond acceptors (Lipinski definition) is 5. The highest BCUT2D eigenvalue weighted by molar-refractivity contribution is 5.85. The zero-order valence-corrected chi connectivity index (χ0v) is 17.7.